The molecule has 1 amide bonds. The van der Waals surface area contributed by atoms with Gasteiger partial charge in [-0.15, -0.1) is 0 Å². The van der Waals surface area contributed by atoms with Crippen LogP contribution in [-0.2, 0) is 11.2 Å². The Morgan fingerprint density at radius 2 is 2.39 bits per heavy atom. The summed E-state index contributed by atoms with van der Waals surface area (Å²) in [5.41, 5.74) is 1.20. The van der Waals surface area contributed by atoms with Crippen LogP contribution in [-0.4, -0.2) is 28.4 Å². The summed E-state index contributed by atoms with van der Waals surface area (Å²) < 4.78 is 0. The molecule has 3 nitrogen and oxygen atoms in total. The molecule has 98 valence electrons. The smallest absolute Gasteiger partial charge is 0.219 e. The predicted octanol–water partition coefficient (Wildman–Crippen LogP) is 3.07. The van der Waals surface area contributed by atoms with E-state index in [1.165, 1.54) is 12.0 Å². The zero-order chi connectivity index (χ0) is 13.0. The lowest BCUT2D eigenvalue weighted by Crippen LogP contribution is -2.42. The monoisotopic (exact) mass is 266 g/mol. The van der Waals surface area contributed by atoms with Crippen molar-refractivity contribution in [3.05, 3.63) is 29.0 Å². The molecule has 0 bridgehead atoms. The number of amides is 1. The number of carbonyl (C=O) groups excluding carboxylic acids is 1. The van der Waals surface area contributed by atoms with E-state index in [4.69, 9.17) is 11.6 Å². The molecule has 1 aromatic heterocycles. The molecule has 0 saturated carbocycles. The van der Waals surface area contributed by atoms with Gasteiger partial charge >= 0.3 is 0 Å². The van der Waals surface area contributed by atoms with E-state index in [9.17, 15) is 4.79 Å². The number of carbonyl (C=O) groups is 1. The van der Waals surface area contributed by atoms with E-state index in [0.29, 0.717) is 11.2 Å². The molecular formula is C14H19ClN2O. The highest BCUT2D eigenvalue weighted by Gasteiger charge is 2.23. The Labute approximate surface area is 113 Å². The van der Waals surface area contributed by atoms with E-state index in [-0.39, 0.29) is 5.91 Å². The average Bonchev–Trinajstić information content (AvgIpc) is 2.37. The zero-order valence-electron chi connectivity index (χ0n) is 10.7. The summed E-state index contributed by atoms with van der Waals surface area (Å²) in [4.78, 5) is 17.6. The van der Waals surface area contributed by atoms with Gasteiger partial charge in [-0.05, 0) is 49.8 Å². The molecule has 0 aromatic carbocycles. The van der Waals surface area contributed by atoms with Gasteiger partial charge < -0.3 is 4.90 Å². The molecule has 4 heteroatoms. The predicted molar refractivity (Wildman–Crippen MR) is 72.6 cm³/mol. The zero-order valence-corrected chi connectivity index (χ0v) is 11.5. The molecule has 1 aromatic rings. The molecule has 1 aliphatic heterocycles. The van der Waals surface area contributed by atoms with Gasteiger partial charge in [-0.2, -0.15) is 0 Å². The van der Waals surface area contributed by atoms with Crippen LogP contribution in [0.3, 0.4) is 0 Å². The van der Waals surface area contributed by atoms with E-state index in [1.54, 1.807) is 13.1 Å². The fourth-order valence-corrected chi connectivity index (χ4v) is 2.84. The Balaban J connectivity index is 1.93. The van der Waals surface area contributed by atoms with Crippen molar-refractivity contribution in [1.29, 1.82) is 0 Å². The summed E-state index contributed by atoms with van der Waals surface area (Å²) in [6, 6.07) is 4.29. The van der Waals surface area contributed by atoms with E-state index >= 15 is 0 Å². The third-order valence-corrected chi connectivity index (χ3v) is 3.80. The Morgan fingerprint density at radius 1 is 1.56 bits per heavy atom. The van der Waals surface area contributed by atoms with Gasteiger partial charge in [-0.25, -0.2) is 4.98 Å². The first-order valence-corrected chi connectivity index (χ1v) is 6.92. The van der Waals surface area contributed by atoms with Crippen molar-refractivity contribution in [3.8, 4) is 0 Å². The summed E-state index contributed by atoms with van der Waals surface area (Å²) in [6.45, 7) is 2.58. The Kier molecular flexibility index (Phi) is 4.59. The first kappa shape index (κ1) is 13.3. The number of pyridine rings is 1. The number of aromatic nitrogens is 1. The van der Waals surface area contributed by atoms with Crippen LogP contribution in [0.25, 0.3) is 0 Å². The van der Waals surface area contributed by atoms with E-state index < -0.39 is 0 Å². The van der Waals surface area contributed by atoms with Crippen molar-refractivity contribution >= 4 is 17.5 Å². The number of hydrogen-bond acceptors (Lipinski definition) is 2. The minimum absolute atomic E-state index is 0.201. The summed E-state index contributed by atoms with van der Waals surface area (Å²) >= 11 is 5.87. The summed E-state index contributed by atoms with van der Waals surface area (Å²) in [5.74, 6) is 0.201. The van der Waals surface area contributed by atoms with Crippen LogP contribution in [0.4, 0.5) is 0 Å². The Hall–Kier alpha value is -1.09. The van der Waals surface area contributed by atoms with Crippen molar-refractivity contribution in [2.45, 2.75) is 45.1 Å². The quantitative estimate of drug-likeness (QED) is 0.788. The maximum Gasteiger partial charge on any atom is 0.219 e. The second-order valence-electron chi connectivity index (χ2n) is 4.89. The summed E-state index contributed by atoms with van der Waals surface area (Å²) in [6.07, 6.45) is 7.19. The number of piperidine rings is 1. The largest absolute Gasteiger partial charge is 0.340 e. The van der Waals surface area contributed by atoms with Crippen LogP contribution in [0.1, 0.15) is 38.2 Å². The standard InChI is InChI=1S/C14H19ClN2O/c1-11(18)17-9-3-2-4-13(17)6-5-12-7-8-16-14(15)10-12/h7-8,10,13H,2-6,9H2,1H3/t13-/m0/s1. The molecule has 0 aliphatic carbocycles. The Bertz CT molecular complexity index is 422. The lowest BCUT2D eigenvalue weighted by atomic mass is 9.96. The minimum Gasteiger partial charge on any atom is -0.340 e. The van der Waals surface area contributed by atoms with Gasteiger partial charge in [0, 0.05) is 25.7 Å². The highest BCUT2D eigenvalue weighted by atomic mass is 35.5. The second kappa shape index (κ2) is 6.19. The van der Waals surface area contributed by atoms with Crippen molar-refractivity contribution in [2.24, 2.45) is 0 Å². The first-order valence-electron chi connectivity index (χ1n) is 6.54. The number of likely N-dealkylation sites (tertiary alicyclic amines) is 1. The molecular weight excluding hydrogens is 248 g/mol. The highest BCUT2D eigenvalue weighted by Crippen LogP contribution is 2.21. The average molecular weight is 267 g/mol. The SMILES string of the molecule is CC(=O)N1CCCC[C@H]1CCc1ccnc(Cl)c1. The highest BCUT2D eigenvalue weighted by molar-refractivity contribution is 6.29. The van der Waals surface area contributed by atoms with Crippen LogP contribution in [0.15, 0.2) is 18.3 Å². The van der Waals surface area contributed by atoms with Crippen molar-refractivity contribution < 1.29 is 4.79 Å². The van der Waals surface area contributed by atoms with Crippen molar-refractivity contribution in [2.75, 3.05) is 6.54 Å². The molecule has 0 spiro atoms. The number of rotatable bonds is 3. The topological polar surface area (TPSA) is 33.2 Å². The van der Waals surface area contributed by atoms with Crippen LogP contribution in [0.5, 0.6) is 0 Å². The third-order valence-electron chi connectivity index (χ3n) is 3.59. The molecule has 1 aliphatic rings. The lowest BCUT2D eigenvalue weighted by molar-refractivity contribution is -0.132. The van der Waals surface area contributed by atoms with Gasteiger partial charge in [0.1, 0.15) is 5.15 Å². The van der Waals surface area contributed by atoms with Crippen molar-refractivity contribution in [1.82, 2.24) is 9.88 Å². The van der Waals surface area contributed by atoms with E-state index in [0.717, 1.165) is 32.2 Å². The van der Waals surface area contributed by atoms with Crippen molar-refractivity contribution in [3.63, 3.8) is 0 Å². The fourth-order valence-electron chi connectivity index (χ4n) is 2.65. The first-order chi connectivity index (χ1) is 8.66. The fraction of sp³-hybridized carbons (Fsp3) is 0.571. The summed E-state index contributed by atoms with van der Waals surface area (Å²) in [7, 11) is 0. The van der Waals surface area contributed by atoms with E-state index in [1.807, 2.05) is 17.0 Å². The minimum atomic E-state index is 0.201. The molecule has 0 N–H and O–H groups in total. The van der Waals surface area contributed by atoms with Gasteiger partial charge in [0.2, 0.25) is 5.91 Å². The van der Waals surface area contributed by atoms with Crippen LogP contribution < -0.4 is 0 Å². The maximum atomic E-state index is 11.6. The number of halogens is 1. The maximum absolute atomic E-state index is 11.6. The molecule has 18 heavy (non-hydrogen) atoms. The molecule has 0 radical (unpaired) electrons. The van der Waals surface area contributed by atoms with Crippen LogP contribution >= 0.6 is 11.6 Å². The van der Waals surface area contributed by atoms with Gasteiger partial charge in [-0.1, -0.05) is 11.6 Å². The number of hydrogen-bond donors (Lipinski definition) is 0. The molecule has 0 unspecified atom stereocenters. The molecule has 1 atom stereocenters. The van der Waals surface area contributed by atoms with Gasteiger partial charge in [0.25, 0.3) is 0 Å². The van der Waals surface area contributed by atoms with Crippen LogP contribution in [0.2, 0.25) is 5.15 Å². The molecule has 1 fully saturated rings. The van der Waals surface area contributed by atoms with Gasteiger partial charge in [0.05, 0.1) is 0 Å². The second-order valence-corrected chi connectivity index (χ2v) is 5.27. The molecule has 1 saturated heterocycles. The van der Waals surface area contributed by atoms with Gasteiger partial charge in [0.15, 0.2) is 0 Å². The Morgan fingerprint density at radius 3 is 3.11 bits per heavy atom. The number of aryl methyl sites for hydroxylation is 1. The normalized spacial score (nSPS) is 19.9. The van der Waals surface area contributed by atoms with E-state index in [2.05, 4.69) is 4.98 Å². The van der Waals surface area contributed by atoms with Gasteiger partial charge in [-0.3, -0.25) is 4.79 Å². The summed E-state index contributed by atoms with van der Waals surface area (Å²) in [5, 5.41) is 0.541. The molecule has 2 heterocycles. The number of nitrogens with zero attached hydrogens (tertiary/aromatic N) is 2. The lowest BCUT2D eigenvalue weighted by Gasteiger charge is -2.35. The third kappa shape index (κ3) is 3.45. The van der Waals surface area contributed by atoms with Crippen LogP contribution in [0, 0.1) is 0 Å². The molecule has 2 rings (SSSR count).